The topological polar surface area (TPSA) is 68.1 Å². The molecule has 0 spiro atoms. The number of nitrogens with two attached hydrogens (primary N) is 1. The van der Waals surface area contributed by atoms with Crippen molar-refractivity contribution >= 4 is 16.9 Å². The highest BCUT2D eigenvalue weighted by Crippen LogP contribution is 2.21. The maximum absolute atomic E-state index is 13.4. The molecule has 1 aromatic heterocycles. The van der Waals surface area contributed by atoms with E-state index in [4.69, 9.17) is 5.73 Å². The molecular weight excluding hydrogens is 211 g/mol. The molecule has 0 amide bonds. The van der Waals surface area contributed by atoms with Gasteiger partial charge in [0.15, 0.2) is 0 Å². The van der Waals surface area contributed by atoms with E-state index in [2.05, 4.69) is 9.72 Å². The summed E-state index contributed by atoms with van der Waals surface area (Å²) < 4.78 is 17.9. The molecule has 0 aliphatic heterocycles. The van der Waals surface area contributed by atoms with Gasteiger partial charge in [-0.3, -0.25) is 0 Å². The van der Waals surface area contributed by atoms with E-state index in [1.807, 2.05) is 0 Å². The first kappa shape index (κ1) is 10.6. The van der Waals surface area contributed by atoms with Crippen LogP contribution in [-0.4, -0.2) is 18.1 Å². The lowest BCUT2D eigenvalue weighted by Gasteiger charge is -2.05. The molecule has 4 nitrogen and oxygen atoms in total. The molecule has 0 aliphatic carbocycles. The van der Waals surface area contributed by atoms with Gasteiger partial charge in [0.05, 0.1) is 12.6 Å². The summed E-state index contributed by atoms with van der Waals surface area (Å²) in [6, 6.07) is 5.39. The number of hydrogen-bond donors (Lipinski definition) is 2. The average Bonchev–Trinajstić information content (AvgIpc) is 2.72. The second-order valence-corrected chi connectivity index (χ2v) is 3.43. The smallest absolute Gasteiger partial charge is 0.328 e. The van der Waals surface area contributed by atoms with Crippen LogP contribution in [-0.2, 0) is 9.53 Å². The Bertz CT molecular complexity index is 536. The van der Waals surface area contributed by atoms with Crippen LogP contribution in [0.4, 0.5) is 4.39 Å². The summed E-state index contributed by atoms with van der Waals surface area (Å²) in [6.07, 6.45) is 0. The van der Waals surface area contributed by atoms with Gasteiger partial charge >= 0.3 is 5.97 Å². The van der Waals surface area contributed by atoms with Crippen molar-refractivity contribution in [2.75, 3.05) is 7.11 Å². The number of H-pyrrole nitrogens is 1. The first-order chi connectivity index (χ1) is 7.63. The minimum absolute atomic E-state index is 0.344. The Hall–Kier alpha value is -1.88. The van der Waals surface area contributed by atoms with Crippen molar-refractivity contribution < 1.29 is 13.9 Å². The van der Waals surface area contributed by atoms with Crippen molar-refractivity contribution in [2.45, 2.75) is 6.04 Å². The SMILES string of the molecule is COC(=O)C(N)c1cc2cccc(F)c2[nH]1. The molecule has 2 aromatic rings. The van der Waals surface area contributed by atoms with Gasteiger partial charge in [0.25, 0.3) is 0 Å². The van der Waals surface area contributed by atoms with E-state index in [0.29, 0.717) is 16.6 Å². The summed E-state index contributed by atoms with van der Waals surface area (Å²) in [5.41, 5.74) is 6.42. The standard InChI is InChI=1S/C11H11FN2O2/c1-16-11(15)9(13)8-5-6-3-2-4-7(12)10(6)14-8/h2-5,9,14H,13H2,1H3. The van der Waals surface area contributed by atoms with Gasteiger partial charge in [-0.05, 0) is 12.1 Å². The number of halogens is 1. The van der Waals surface area contributed by atoms with Crippen LogP contribution in [0.1, 0.15) is 11.7 Å². The Morgan fingerprint density at radius 3 is 2.94 bits per heavy atom. The number of ether oxygens (including phenoxy) is 1. The van der Waals surface area contributed by atoms with Crippen LogP contribution in [0, 0.1) is 5.82 Å². The Balaban J connectivity index is 2.47. The highest BCUT2D eigenvalue weighted by molar-refractivity contribution is 5.84. The summed E-state index contributed by atoms with van der Waals surface area (Å²) in [4.78, 5) is 14.0. The number of benzene rings is 1. The number of carbonyl (C=O) groups is 1. The zero-order valence-electron chi connectivity index (χ0n) is 8.66. The zero-order chi connectivity index (χ0) is 11.7. The summed E-state index contributed by atoms with van der Waals surface area (Å²) in [7, 11) is 1.26. The van der Waals surface area contributed by atoms with Crippen LogP contribution in [0.25, 0.3) is 10.9 Å². The lowest BCUT2D eigenvalue weighted by Crippen LogP contribution is -2.22. The molecule has 16 heavy (non-hydrogen) atoms. The van der Waals surface area contributed by atoms with Crippen molar-refractivity contribution in [3.63, 3.8) is 0 Å². The quantitative estimate of drug-likeness (QED) is 0.756. The van der Waals surface area contributed by atoms with Gasteiger partial charge in [-0.1, -0.05) is 12.1 Å². The number of methoxy groups -OCH3 is 1. The van der Waals surface area contributed by atoms with Gasteiger partial charge in [0.2, 0.25) is 0 Å². The Labute approximate surface area is 91.2 Å². The number of rotatable bonds is 2. The van der Waals surface area contributed by atoms with Crippen molar-refractivity contribution in [3.05, 3.63) is 35.8 Å². The lowest BCUT2D eigenvalue weighted by atomic mass is 10.2. The lowest BCUT2D eigenvalue weighted by molar-refractivity contribution is -0.142. The number of esters is 1. The fraction of sp³-hybridized carbons (Fsp3) is 0.182. The maximum atomic E-state index is 13.4. The molecule has 0 aliphatic rings. The number of hydrogen-bond acceptors (Lipinski definition) is 3. The maximum Gasteiger partial charge on any atom is 0.328 e. The van der Waals surface area contributed by atoms with Crippen LogP contribution in [0.2, 0.25) is 0 Å². The fourth-order valence-electron chi connectivity index (χ4n) is 1.56. The molecule has 5 heteroatoms. The predicted octanol–water partition coefficient (Wildman–Crippen LogP) is 1.48. The summed E-state index contributed by atoms with van der Waals surface area (Å²) in [5.74, 6) is -0.937. The Kier molecular flexibility index (Phi) is 2.62. The van der Waals surface area contributed by atoms with E-state index in [1.165, 1.54) is 13.2 Å². The van der Waals surface area contributed by atoms with Crippen LogP contribution in [0.5, 0.6) is 0 Å². The van der Waals surface area contributed by atoms with Crippen molar-refractivity contribution in [1.29, 1.82) is 0 Å². The van der Waals surface area contributed by atoms with Gasteiger partial charge in [-0.2, -0.15) is 0 Å². The Morgan fingerprint density at radius 1 is 1.56 bits per heavy atom. The molecule has 3 N–H and O–H groups in total. The van der Waals surface area contributed by atoms with E-state index in [1.54, 1.807) is 18.2 Å². The van der Waals surface area contributed by atoms with Gasteiger partial charge < -0.3 is 15.5 Å². The third-order valence-electron chi connectivity index (χ3n) is 2.42. The highest BCUT2D eigenvalue weighted by atomic mass is 19.1. The zero-order valence-corrected chi connectivity index (χ0v) is 8.66. The predicted molar refractivity (Wildman–Crippen MR) is 57.2 cm³/mol. The van der Waals surface area contributed by atoms with Crippen molar-refractivity contribution in [1.82, 2.24) is 4.98 Å². The second kappa shape index (κ2) is 3.94. The van der Waals surface area contributed by atoms with Crippen molar-refractivity contribution in [2.24, 2.45) is 5.73 Å². The number of fused-ring (bicyclic) bond motifs is 1. The van der Waals surface area contributed by atoms with Gasteiger partial charge in [-0.25, -0.2) is 9.18 Å². The summed E-state index contributed by atoms with van der Waals surface area (Å²) >= 11 is 0. The van der Waals surface area contributed by atoms with E-state index in [-0.39, 0.29) is 5.82 Å². The molecule has 0 fully saturated rings. The van der Waals surface area contributed by atoms with Crippen LogP contribution in [0.15, 0.2) is 24.3 Å². The van der Waals surface area contributed by atoms with E-state index in [0.717, 1.165) is 0 Å². The molecule has 1 heterocycles. The molecule has 2 rings (SSSR count). The van der Waals surface area contributed by atoms with E-state index < -0.39 is 12.0 Å². The molecule has 84 valence electrons. The van der Waals surface area contributed by atoms with E-state index >= 15 is 0 Å². The summed E-state index contributed by atoms with van der Waals surface area (Å²) in [5, 5.41) is 0.675. The van der Waals surface area contributed by atoms with Crippen LogP contribution in [0.3, 0.4) is 0 Å². The number of aromatic amines is 1. The summed E-state index contributed by atoms with van der Waals surface area (Å²) in [6.45, 7) is 0. The molecule has 0 saturated carbocycles. The molecule has 0 saturated heterocycles. The monoisotopic (exact) mass is 222 g/mol. The number of nitrogens with one attached hydrogen (secondary N) is 1. The Morgan fingerprint density at radius 2 is 2.31 bits per heavy atom. The third kappa shape index (κ3) is 1.65. The van der Waals surface area contributed by atoms with Gasteiger partial charge in [-0.15, -0.1) is 0 Å². The molecular formula is C11H11FN2O2. The largest absolute Gasteiger partial charge is 0.468 e. The number of aromatic nitrogens is 1. The minimum atomic E-state index is -0.920. The number of para-hydroxylation sites is 1. The molecule has 1 aromatic carbocycles. The molecule has 1 unspecified atom stereocenters. The normalized spacial score (nSPS) is 12.7. The minimum Gasteiger partial charge on any atom is -0.468 e. The van der Waals surface area contributed by atoms with Crippen LogP contribution < -0.4 is 5.73 Å². The molecule has 0 radical (unpaired) electrons. The highest BCUT2D eigenvalue weighted by Gasteiger charge is 2.18. The number of carbonyl (C=O) groups excluding carboxylic acids is 1. The third-order valence-corrected chi connectivity index (χ3v) is 2.42. The van der Waals surface area contributed by atoms with Crippen molar-refractivity contribution in [3.8, 4) is 0 Å². The fourth-order valence-corrected chi connectivity index (χ4v) is 1.56. The van der Waals surface area contributed by atoms with Gasteiger partial charge in [0.1, 0.15) is 11.9 Å². The first-order valence-corrected chi connectivity index (χ1v) is 4.74. The van der Waals surface area contributed by atoms with Crippen LogP contribution >= 0.6 is 0 Å². The molecule has 0 bridgehead atoms. The van der Waals surface area contributed by atoms with E-state index in [9.17, 15) is 9.18 Å². The first-order valence-electron chi connectivity index (χ1n) is 4.74. The average molecular weight is 222 g/mol. The molecule has 1 atom stereocenters. The second-order valence-electron chi connectivity index (χ2n) is 3.43. The van der Waals surface area contributed by atoms with Gasteiger partial charge in [0, 0.05) is 11.1 Å².